The van der Waals surface area contributed by atoms with E-state index >= 15 is 0 Å². The Balaban J connectivity index is 1.70. The molecule has 0 radical (unpaired) electrons. The van der Waals surface area contributed by atoms with Gasteiger partial charge in [0.05, 0.1) is 19.8 Å². The van der Waals surface area contributed by atoms with E-state index < -0.39 is 0 Å². The Morgan fingerprint density at radius 1 is 0.812 bits per heavy atom. The first-order valence-corrected chi connectivity index (χ1v) is 12.4. The minimum atomic E-state index is 0.00933. The van der Waals surface area contributed by atoms with Gasteiger partial charge in [-0.2, -0.15) is 0 Å². The zero-order valence-electron chi connectivity index (χ0n) is 20.0. The van der Waals surface area contributed by atoms with Crippen LogP contribution in [0.5, 0.6) is 0 Å². The molecule has 0 atom stereocenters. The maximum Gasteiger partial charge on any atom is 0.220 e. The van der Waals surface area contributed by atoms with Crippen molar-refractivity contribution in [2.24, 2.45) is 5.10 Å². The van der Waals surface area contributed by atoms with Crippen molar-refractivity contribution in [1.29, 1.82) is 0 Å². The van der Waals surface area contributed by atoms with Crippen LogP contribution in [0.15, 0.2) is 5.10 Å². The van der Waals surface area contributed by atoms with E-state index in [1.54, 1.807) is 0 Å². The van der Waals surface area contributed by atoms with E-state index in [4.69, 9.17) is 9.47 Å². The number of nitrogens with one attached hydrogen (secondary N) is 4. The third-order valence-electron chi connectivity index (χ3n) is 5.27. The largest absolute Gasteiger partial charge is 0.377 e. The second-order valence-electron chi connectivity index (χ2n) is 8.38. The number of Topliss-reactive ketones (excluding diaryl/α,β-unsaturated/α-hetero) is 1. The van der Waals surface area contributed by atoms with Crippen molar-refractivity contribution in [1.82, 2.24) is 21.8 Å². The number of ketones is 1. The Bertz CT molecular complexity index is 517. The molecule has 0 aliphatic carbocycles. The summed E-state index contributed by atoms with van der Waals surface area (Å²) in [5, 5.41) is 6.95. The molecule has 9 heteroatoms. The number of hydrazone groups is 1. The summed E-state index contributed by atoms with van der Waals surface area (Å²) in [4.78, 5) is 22.5. The van der Waals surface area contributed by atoms with E-state index in [1.165, 1.54) is 71.1 Å². The minimum Gasteiger partial charge on any atom is -0.377 e. The zero-order valence-corrected chi connectivity index (χ0v) is 20.0. The highest BCUT2D eigenvalue weighted by molar-refractivity contribution is 5.82. The molecule has 0 fully saturated rings. The minimum absolute atomic E-state index is 0.00933. The Morgan fingerprint density at radius 3 is 2.00 bits per heavy atom. The van der Waals surface area contributed by atoms with Gasteiger partial charge in [-0.05, 0) is 19.8 Å². The lowest BCUT2D eigenvalue weighted by Gasteiger charge is -2.07. The number of carbonyl (C=O) groups is 2. The summed E-state index contributed by atoms with van der Waals surface area (Å²) in [6.45, 7) is 3.45. The molecule has 1 rings (SSSR count). The Morgan fingerprint density at radius 2 is 1.41 bits per heavy atom. The van der Waals surface area contributed by atoms with Crippen LogP contribution in [0.1, 0.15) is 96.8 Å². The molecule has 4 N–H and O–H groups in total. The first kappa shape index (κ1) is 28.3. The fourth-order valence-corrected chi connectivity index (χ4v) is 3.47. The van der Waals surface area contributed by atoms with Gasteiger partial charge in [-0.1, -0.05) is 64.2 Å². The first-order valence-electron chi connectivity index (χ1n) is 12.4. The SMILES string of the molecule is CC(=O)COCCOCCNC(=O)CCCCCCCCCCCCCCC1=NNNN1. The summed E-state index contributed by atoms with van der Waals surface area (Å²) in [6.07, 6.45) is 16.6. The third-order valence-corrected chi connectivity index (χ3v) is 5.27. The molecule has 9 nitrogen and oxygen atoms in total. The molecule has 32 heavy (non-hydrogen) atoms. The summed E-state index contributed by atoms with van der Waals surface area (Å²) < 4.78 is 10.4. The van der Waals surface area contributed by atoms with Gasteiger partial charge in [-0.25, -0.2) is 5.53 Å². The lowest BCUT2D eigenvalue weighted by molar-refractivity contribution is -0.123. The second-order valence-corrected chi connectivity index (χ2v) is 8.38. The fourth-order valence-electron chi connectivity index (χ4n) is 3.47. The number of amidine groups is 1. The highest BCUT2D eigenvalue weighted by Crippen LogP contribution is 2.13. The van der Waals surface area contributed by atoms with Gasteiger partial charge in [0.2, 0.25) is 5.91 Å². The number of amides is 1. The van der Waals surface area contributed by atoms with E-state index in [0.717, 1.165) is 25.1 Å². The van der Waals surface area contributed by atoms with E-state index in [2.05, 4.69) is 26.9 Å². The average molecular weight is 456 g/mol. The number of unbranched alkanes of at least 4 members (excludes halogenated alkanes) is 11. The van der Waals surface area contributed by atoms with Crippen LogP contribution in [0.25, 0.3) is 0 Å². The lowest BCUT2D eigenvalue weighted by atomic mass is 10.0. The molecule has 1 heterocycles. The van der Waals surface area contributed by atoms with Crippen LogP contribution in [0, 0.1) is 0 Å². The van der Waals surface area contributed by atoms with Crippen molar-refractivity contribution in [3.63, 3.8) is 0 Å². The van der Waals surface area contributed by atoms with Crippen molar-refractivity contribution in [3.8, 4) is 0 Å². The summed E-state index contributed by atoms with van der Waals surface area (Å²) in [7, 11) is 0. The van der Waals surface area contributed by atoms with Gasteiger partial charge >= 0.3 is 0 Å². The fraction of sp³-hybridized carbons (Fsp3) is 0.870. The van der Waals surface area contributed by atoms with Crippen molar-refractivity contribution in [2.75, 3.05) is 33.0 Å². The predicted octanol–water partition coefficient (Wildman–Crippen LogP) is 3.11. The van der Waals surface area contributed by atoms with Crippen molar-refractivity contribution < 1.29 is 19.1 Å². The highest BCUT2D eigenvalue weighted by atomic mass is 16.5. The first-order chi connectivity index (χ1) is 15.7. The number of nitrogens with zero attached hydrogens (tertiary/aromatic N) is 1. The summed E-state index contributed by atoms with van der Waals surface area (Å²) in [5.41, 5.74) is 8.42. The maximum absolute atomic E-state index is 11.8. The number of hydrazine groups is 2. The second kappa shape index (κ2) is 21.2. The summed E-state index contributed by atoms with van der Waals surface area (Å²) in [5.74, 6) is 1.11. The molecule has 0 aromatic rings. The monoisotopic (exact) mass is 455 g/mol. The van der Waals surface area contributed by atoms with Crippen LogP contribution in [0.3, 0.4) is 0 Å². The average Bonchev–Trinajstić information content (AvgIpc) is 3.29. The molecule has 0 aromatic heterocycles. The molecular formula is C23H45N5O4. The molecule has 0 saturated heterocycles. The van der Waals surface area contributed by atoms with E-state index in [1.807, 2.05) is 0 Å². The lowest BCUT2D eigenvalue weighted by Crippen LogP contribution is -2.34. The number of hydrogen-bond donors (Lipinski definition) is 4. The molecule has 0 aromatic carbocycles. The summed E-state index contributed by atoms with van der Waals surface area (Å²) >= 11 is 0. The smallest absolute Gasteiger partial charge is 0.220 e. The number of carbonyl (C=O) groups excluding carboxylic acids is 2. The normalized spacial score (nSPS) is 12.8. The Hall–Kier alpha value is -1.71. The molecule has 0 unspecified atom stereocenters. The molecule has 1 amide bonds. The third kappa shape index (κ3) is 19.0. The topological polar surface area (TPSA) is 113 Å². The molecule has 1 aliphatic heterocycles. The van der Waals surface area contributed by atoms with Crippen molar-refractivity contribution >= 4 is 17.5 Å². The van der Waals surface area contributed by atoms with Gasteiger partial charge in [0.15, 0.2) is 5.78 Å². The van der Waals surface area contributed by atoms with Crippen LogP contribution in [0.2, 0.25) is 0 Å². The molecule has 0 bridgehead atoms. The van der Waals surface area contributed by atoms with E-state index in [9.17, 15) is 9.59 Å². The van der Waals surface area contributed by atoms with Crippen molar-refractivity contribution in [2.45, 2.75) is 96.8 Å². The van der Waals surface area contributed by atoms with Crippen molar-refractivity contribution in [3.05, 3.63) is 0 Å². The van der Waals surface area contributed by atoms with Gasteiger partial charge in [0, 0.05) is 19.4 Å². The van der Waals surface area contributed by atoms with E-state index in [-0.39, 0.29) is 18.3 Å². The number of rotatable bonds is 23. The summed E-state index contributed by atoms with van der Waals surface area (Å²) in [6, 6.07) is 0. The predicted molar refractivity (Wildman–Crippen MR) is 127 cm³/mol. The molecular weight excluding hydrogens is 410 g/mol. The quantitative estimate of drug-likeness (QED) is 0.175. The van der Waals surface area contributed by atoms with Crippen LogP contribution >= 0.6 is 0 Å². The van der Waals surface area contributed by atoms with Crippen LogP contribution < -0.4 is 21.8 Å². The van der Waals surface area contributed by atoms with Gasteiger partial charge in [0.25, 0.3) is 0 Å². The van der Waals surface area contributed by atoms with Gasteiger partial charge in [0.1, 0.15) is 12.4 Å². The Kier molecular flexibility index (Phi) is 18.7. The number of ether oxygens (including phenoxy) is 2. The molecule has 1 aliphatic rings. The maximum atomic E-state index is 11.8. The standard InChI is InChI=1S/C23H45N5O4/c1-21(29)20-32-19-18-31-17-16-24-23(30)15-13-11-9-7-5-3-2-4-6-8-10-12-14-22-25-27-28-26-22/h27-28H,2-20H2,1H3,(H,24,30)(H,25,26). The molecule has 186 valence electrons. The molecule has 0 spiro atoms. The van der Waals surface area contributed by atoms with Crippen LogP contribution in [-0.4, -0.2) is 50.5 Å². The highest BCUT2D eigenvalue weighted by Gasteiger charge is 2.03. The van der Waals surface area contributed by atoms with Crippen LogP contribution in [-0.2, 0) is 19.1 Å². The van der Waals surface area contributed by atoms with E-state index in [0.29, 0.717) is 32.8 Å². The van der Waals surface area contributed by atoms with Gasteiger partial charge < -0.3 is 14.8 Å². The Labute approximate surface area is 193 Å². The van der Waals surface area contributed by atoms with Gasteiger partial charge in [-0.15, -0.1) is 10.6 Å². The zero-order chi connectivity index (χ0) is 23.1. The molecule has 0 saturated carbocycles. The number of hydrogen-bond acceptors (Lipinski definition) is 8. The van der Waals surface area contributed by atoms with Gasteiger partial charge in [-0.3, -0.25) is 15.0 Å². The van der Waals surface area contributed by atoms with Crippen LogP contribution in [0.4, 0.5) is 0 Å².